The van der Waals surface area contributed by atoms with E-state index in [1.54, 1.807) is 0 Å². The zero-order valence-corrected chi connectivity index (χ0v) is 7.08. The van der Waals surface area contributed by atoms with E-state index in [0.717, 1.165) is 18.7 Å². The van der Waals surface area contributed by atoms with Gasteiger partial charge in [-0.1, -0.05) is 17.7 Å². The first-order valence-electron chi connectivity index (χ1n) is 4.10. The van der Waals surface area contributed by atoms with E-state index in [1.165, 1.54) is 17.5 Å². The van der Waals surface area contributed by atoms with Crippen molar-refractivity contribution in [2.45, 2.75) is 13.3 Å². The summed E-state index contributed by atoms with van der Waals surface area (Å²) in [6, 6.07) is 6.28. The third-order valence-corrected chi connectivity index (χ3v) is 1.99. The molecule has 12 heavy (non-hydrogen) atoms. The quantitative estimate of drug-likeness (QED) is 0.571. The summed E-state index contributed by atoms with van der Waals surface area (Å²) in [4.78, 5) is 4.18. The number of aryl methyl sites for hydroxylation is 1. The Hall–Kier alpha value is -1.31. The second kappa shape index (κ2) is 2.97. The Morgan fingerprint density at radius 1 is 1.42 bits per heavy atom. The molecule has 0 saturated carbocycles. The van der Waals surface area contributed by atoms with Crippen molar-refractivity contribution in [1.29, 1.82) is 0 Å². The summed E-state index contributed by atoms with van der Waals surface area (Å²) >= 11 is 0. The van der Waals surface area contributed by atoms with Gasteiger partial charge in [-0.25, -0.2) is 4.99 Å². The average Bonchev–Trinajstić information content (AvgIpc) is 2.28. The van der Waals surface area contributed by atoms with Crippen LogP contribution >= 0.6 is 0 Å². The Labute approximate surface area is 71.9 Å². The fourth-order valence-electron chi connectivity index (χ4n) is 1.36. The first kappa shape index (κ1) is 7.35. The summed E-state index contributed by atoms with van der Waals surface area (Å²) in [6.45, 7) is 2.83. The zero-order chi connectivity index (χ0) is 8.39. The fraction of sp³-hybridized carbons (Fsp3) is 0.300. The minimum Gasteiger partial charge on any atom is -0.483 e. The molecule has 0 unspecified atom stereocenters. The lowest BCUT2D eigenvalue weighted by atomic mass is 10.1. The normalized spacial score (nSPS) is 14.8. The molecule has 0 aromatic heterocycles. The molecule has 0 spiro atoms. The van der Waals surface area contributed by atoms with Crippen molar-refractivity contribution in [1.82, 2.24) is 0 Å². The van der Waals surface area contributed by atoms with Crippen LogP contribution < -0.4 is 0 Å². The molecule has 1 aromatic rings. The van der Waals surface area contributed by atoms with Crippen LogP contribution in [0.1, 0.15) is 11.1 Å². The van der Waals surface area contributed by atoms with Crippen LogP contribution in [-0.4, -0.2) is 13.0 Å². The van der Waals surface area contributed by atoms with Crippen LogP contribution in [0.3, 0.4) is 0 Å². The number of aliphatic imine (C=N–C) groups is 1. The van der Waals surface area contributed by atoms with E-state index in [2.05, 4.69) is 24.0 Å². The van der Waals surface area contributed by atoms with Crippen LogP contribution in [0.5, 0.6) is 0 Å². The SMILES string of the molecule is Cc1ccc2c(c1)CCOC=N2. The van der Waals surface area contributed by atoms with Crippen molar-refractivity contribution < 1.29 is 4.74 Å². The molecular formula is C10H11NO. The van der Waals surface area contributed by atoms with E-state index < -0.39 is 0 Å². The van der Waals surface area contributed by atoms with Crippen molar-refractivity contribution in [2.75, 3.05) is 6.61 Å². The van der Waals surface area contributed by atoms with E-state index in [0.29, 0.717) is 0 Å². The van der Waals surface area contributed by atoms with Gasteiger partial charge in [0.1, 0.15) is 0 Å². The molecule has 0 bridgehead atoms. The van der Waals surface area contributed by atoms with Crippen molar-refractivity contribution in [3.8, 4) is 0 Å². The van der Waals surface area contributed by atoms with E-state index in [9.17, 15) is 0 Å². The summed E-state index contributed by atoms with van der Waals surface area (Å²) in [6.07, 6.45) is 2.48. The van der Waals surface area contributed by atoms with Crippen LogP contribution in [0.15, 0.2) is 23.2 Å². The Morgan fingerprint density at radius 2 is 2.33 bits per heavy atom. The molecule has 1 aromatic carbocycles. The second-order valence-corrected chi connectivity index (χ2v) is 2.99. The van der Waals surface area contributed by atoms with Gasteiger partial charge in [0, 0.05) is 6.42 Å². The molecule has 2 rings (SSSR count). The Balaban J connectivity index is 2.46. The molecule has 0 fully saturated rings. The number of rotatable bonds is 0. The van der Waals surface area contributed by atoms with Crippen molar-refractivity contribution in [2.24, 2.45) is 4.99 Å². The number of hydrogen-bond donors (Lipinski definition) is 0. The fourth-order valence-corrected chi connectivity index (χ4v) is 1.36. The first-order chi connectivity index (χ1) is 5.86. The molecule has 0 saturated heterocycles. The summed E-state index contributed by atoms with van der Waals surface area (Å²) in [5.41, 5.74) is 3.60. The lowest BCUT2D eigenvalue weighted by Crippen LogP contribution is -1.93. The summed E-state index contributed by atoms with van der Waals surface area (Å²) in [5, 5.41) is 0. The number of benzene rings is 1. The van der Waals surface area contributed by atoms with E-state index in [4.69, 9.17) is 4.74 Å². The van der Waals surface area contributed by atoms with Gasteiger partial charge >= 0.3 is 0 Å². The van der Waals surface area contributed by atoms with Gasteiger partial charge in [-0.3, -0.25) is 0 Å². The van der Waals surface area contributed by atoms with Gasteiger partial charge in [0.2, 0.25) is 0 Å². The predicted octanol–water partition coefficient (Wildman–Crippen LogP) is 2.23. The van der Waals surface area contributed by atoms with Gasteiger partial charge < -0.3 is 4.74 Å². The van der Waals surface area contributed by atoms with E-state index in [-0.39, 0.29) is 0 Å². The summed E-state index contributed by atoms with van der Waals surface area (Å²) in [5.74, 6) is 0. The van der Waals surface area contributed by atoms with Crippen LogP contribution in [0.4, 0.5) is 5.69 Å². The molecule has 2 nitrogen and oxygen atoms in total. The predicted molar refractivity (Wildman–Crippen MR) is 49.0 cm³/mol. The lowest BCUT2D eigenvalue weighted by molar-refractivity contribution is 0.328. The van der Waals surface area contributed by atoms with Crippen LogP contribution in [0, 0.1) is 6.92 Å². The van der Waals surface area contributed by atoms with Gasteiger partial charge in [0.05, 0.1) is 12.3 Å². The zero-order valence-electron chi connectivity index (χ0n) is 7.08. The molecule has 0 aliphatic carbocycles. The van der Waals surface area contributed by atoms with Crippen LogP contribution in [-0.2, 0) is 11.2 Å². The third-order valence-electron chi connectivity index (χ3n) is 1.99. The highest BCUT2D eigenvalue weighted by molar-refractivity contribution is 5.60. The molecule has 0 amide bonds. The molecule has 0 radical (unpaired) electrons. The minimum absolute atomic E-state index is 0.736. The second-order valence-electron chi connectivity index (χ2n) is 2.99. The Morgan fingerprint density at radius 3 is 3.25 bits per heavy atom. The maximum absolute atomic E-state index is 5.13. The first-order valence-corrected chi connectivity index (χ1v) is 4.10. The molecular weight excluding hydrogens is 150 g/mol. The molecule has 62 valence electrons. The number of nitrogens with zero attached hydrogens (tertiary/aromatic N) is 1. The number of fused-ring (bicyclic) bond motifs is 1. The molecule has 2 heteroatoms. The van der Waals surface area contributed by atoms with Crippen molar-refractivity contribution in [3.63, 3.8) is 0 Å². The van der Waals surface area contributed by atoms with Gasteiger partial charge in [-0.05, 0) is 18.6 Å². The van der Waals surface area contributed by atoms with Crippen molar-refractivity contribution in [3.05, 3.63) is 29.3 Å². The highest BCUT2D eigenvalue weighted by Crippen LogP contribution is 2.22. The highest BCUT2D eigenvalue weighted by atomic mass is 16.5. The molecule has 0 atom stereocenters. The summed E-state index contributed by atoms with van der Waals surface area (Å²) in [7, 11) is 0. The maximum Gasteiger partial charge on any atom is 0.174 e. The topological polar surface area (TPSA) is 21.6 Å². The largest absolute Gasteiger partial charge is 0.483 e. The van der Waals surface area contributed by atoms with Crippen molar-refractivity contribution >= 4 is 12.1 Å². The molecule has 1 aliphatic heterocycles. The molecule has 1 aliphatic rings. The van der Waals surface area contributed by atoms with Gasteiger partial charge in [0.15, 0.2) is 6.40 Å². The van der Waals surface area contributed by atoms with Crippen LogP contribution in [0.25, 0.3) is 0 Å². The van der Waals surface area contributed by atoms with Gasteiger partial charge in [0.25, 0.3) is 0 Å². The highest BCUT2D eigenvalue weighted by Gasteiger charge is 2.03. The Bertz CT molecular complexity index is 318. The number of ether oxygens (including phenoxy) is 1. The summed E-state index contributed by atoms with van der Waals surface area (Å²) < 4.78 is 5.13. The average molecular weight is 161 g/mol. The van der Waals surface area contributed by atoms with E-state index >= 15 is 0 Å². The lowest BCUT2D eigenvalue weighted by Gasteiger charge is -2.01. The monoisotopic (exact) mass is 161 g/mol. The number of hydrogen-bond acceptors (Lipinski definition) is 2. The smallest absolute Gasteiger partial charge is 0.174 e. The van der Waals surface area contributed by atoms with Crippen LogP contribution in [0.2, 0.25) is 0 Å². The molecule has 0 N–H and O–H groups in total. The molecule has 1 heterocycles. The van der Waals surface area contributed by atoms with E-state index in [1.807, 2.05) is 6.07 Å². The third kappa shape index (κ3) is 1.33. The standard InChI is InChI=1S/C10H11NO/c1-8-2-3-10-9(6-8)4-5-12-7-11-10/h2-3,6-7H,4-5H2,1H3. The Kier molecular flexibility index (Phi) is 1.82. The maximum atomic E-state index is 5.13. The van der Waals surface area contributed by atoms with Gasteiger partial charge in [-0.15, -0.1) is 0 Å². The van der Waals surface area contributed by atoms with Gasteiger partial charge in [-0.2, -0.15) is 0 Å². The minimum atomic E-state index is 0.736.